The molecule has 5 atom stereocenters. The highest BCUT2D eigenvalue weighted by atomic mass is 19.4. The van der Waals surface area contributed by atoms with Crippen molar-refractivity contribution in [3.05, 3.63) is 40.6 Å². The summed E-state index contributed by atoms with van der Waals surface area (Å²) in [5, 5.41) is 38.4. The Balaban J connectivity index is 1.07. The zero-order chi connectivity index (χ0) is 52.7. The number of benzene rings is 1. The minimum absolute atomic E-state index is 0.0219. The van der Waals surface area contributed by atoms with E-state index < -0.39 is 114 Å². The minimum Gasteiger partial charge on any atom is -0.475 e. The molecule has 0 bridgehead atoms. The van der Waals surface area contributed by atoms with Crippen LogP contribution in [0.3, 0.4) is 0 Å². The maximum Gasteiger partial charge on any atom is 0.433 e. The molecule has 0 saturated carbocycles. The van der Waals surface area contributed by atoms with Gasteiger partial charge >= 0.3 is 18.2 Å². The van der Waals surface area contributed by atoms with Crippen LogP contribution in [0.2, 0.25) is 0 Å². The van der Waals surface area contributed by atoms with Crippen LogP contribution in [0.15, 0.2) is 6.07 Å². The van der Waals surface area contributed by atoms with E-state index in [-0.39, 0.29) is 92.2 Å². The van der Waals surface area contributed by atoms with Crippen molar-refractivity contribution in [2.24, 2.45) is 0 Å². The van der Waals surface area contributed by atoms with E-state index in [4.69, 9.17) is 47.4 Å². The maximum absolute atomic E-state index is 14.2. The lowest BCUT2D eigenvalue weighted by Gasteiger charge is -2.42. The first kappa shape index (κ1) is 62.0. The van der Waals surface area contributed by atoms with Crippen LogP contribution in [0.5, 0.6) is 11.6 Å². The first-order chi connectivity index (χ1) is 34.6. The molecule has 0 aliphatic carbocycles. The highest BCUT2D eigenvalue weighted by molar-refractivity contribution is 5.73. The van der Waals surface area contributed by atoms with Crippen molar-refractivity contribution in [1.82, 2.24) is 20.6 Å². The average molecular weight is 1050 g/mol. The van der Waals surface area contributed by atoms with Gasteiger partial charge in [-0.1, -0.05) is 20.3 Å². The number of nitrogens with one attached hydrogen (secondary N) is 3. The van der Waals surface area contributed by atoms with Crippen molar-refractivity contribution >= 4 is 17.9 Å². The molecule has 1 aliphatic rings. The Kier molecular flexibility index (Phi) is 30.1. The number of ether oxygens (including phenoxy) is 11. The molecule has 3 rings (SSSR count). The summed E-state index contributed by atoms with van der Waals surface area (Å²) in [7, 11) is 0. The van der Waals surface area contributed by atoms with Crippen molar-refractivity contribution in [1.29, 1.82) is 0 Å². The van der Waals surface area contributed by atoms with Crippen LogP contribution >= 0.6 is 0 Å². The predicted octanol–water partition coefficient (Wildman–Crippen LogP) is 2.48. The molecular formula is C44H66F7N5O16. The molecule has 1 fully saturated rings. The minimum atomic E-state index is -4.85. The number of anilines is 1. The van der Waals surface area contributed by atoms with Gasteiger partial charge in [-0.2, -0.15) is 22.5 Å². The Morgan fingerprint density at radius 3 is 1.64 bits per heavy atom. The number of carbonyl (C=O) groups excluding carboxylic acids is 2. The number of aliphatic hydroxyl groups is 3. The summed E-state index contributed by atoms with van der Waals surface area (Å²) in [6.45, 7) is 6.15. The third-order valence-corrected chi connectivity index (χ3v) is 10.00. The van der Waals surface area contributed by atoms with Crippen LogP contribution in [-0.4, -0.2) is 200 Å². The lowest BCUT2D eigenvalue weighted by Crippen LogP contribution is -2.61. The van der Waals surface area contributed by atoms with Gasteiger partial charge in [0.25, 0.3) is 0 Å². The van der Waals surface area contributed by atoms with Gasteiger partial charge in [0, 0.05) is 24.7 Å². The third kappa shape index (κ3) is 22.8. The molecule has 28 heteroatoms. The fraction of sp³-hybridized carbons (Fsp3) is 0.727. The number of alkyl halides is 3. The highest BCUT2D eigenvalue weighted by Gasteiger charge is 2.44. The van der Waals surface area contributed by atoms with Crippen LogP contribution in [0.25, 0.3) is 0 Å². The smallest absolute Gasteiger partial charge is 0.433 e. The average Bonchev–Trinajstić information content (AvgIpc) is 3.35. The second-order valence-corrected chi connectivity index (χ2v) is 15.3. The number of halogens is 7. The van der Waals surface area contributed by atoms with Gasteiger partial charge in [-0.25, -0.2) is 22.9 Å². The van der Waals surface area contributed by atoms with Crippen molar-refractivity contribution in [2.45, 2.75) is 76.2 Å². The van der Waals surface area contributed by atoms with Gasteiger partial charge in [0.05, 0.1) is 131 Å². The van der Waals surface area contributed by atoms with Crippen LogP contribution in [0.1, 0.15) is 44.4 Å². The van der Waals surface area contributed by atoms with E-state index in [9.17, 15) is 55.6 Å². The van der Waals surface area contributed by atoms with Crippen molar-refractivity contribution in [3.8, 4) is 11.6 Å². The summed E-state index contributed by atoms with van der Waals surface area (Å²) in [5.74, 6) is -10.3. The number of esters is 1. The second kappa shape index (κ2) is 35.0. The fourth-order valence-electron chi connectivity index (χ4n) is 6.40. The van der Waals surface area contributed by atoms with E-state index >= 15 is 0 Å². The molecule has 412 valence electrons. The Bertz CT molecular complexity index is 1870. The summed E-state index contributed by atoms with van der Waals surface area (Å²) >= 11 is 0. The summed E-state index contributed by atoms with van der Waals surface area (Å²) in [6.07, 6.45) is -9.43. The van der Waals surface area contributed by atoms with Crippen molar-refractivity contribution < 1.29 is 108 Å². The van der Waals surface area contributed by atoms with Crippen LogP contribution in [0, 0.1) is 23.3 Å². The fourth-order valence-corrected chi connectivity index (χ4v) is 6.40. The van der Waals surface area contributed by atoms with E-state index in [0.717, 1.165) is 0 Å². The van der Waals surface area contributed by atoms with Crippen LogP contribution in [-0.2, 0) is 60.0 Å². The zero-order valence-electron chi connectivity index (χ0n) is 40.1. The topological polar surface area (TPSA) is 258 Å². The standard InChI is InChI=1S/C44H66F7N5O16/c1-3-5-29-38(40(60)39(59)30(27-57)71-29)56-42-54-31(44(49,50)51)26-32(55-42)70-25-24-69-17-14-64-11-8-53-43(61)52-7-10-63-13-16-66-19-21-68-23-22-67-20-18-65-15-12-62-9-6-33(58)72-41-35(46)28(4-2)34(45)36(47)37(41)48/h26,29-30,38-40,57,59-60H,3-25,27H2,1-2H3,(H2,52,53,61)(H,54,55,56)/t29-,30+,38?,39-,40+/m0/s1. The molecule has 1 aromatic heterocycles. The summed E-state index contributed by atoms with van der Waals surface area (Å²) in [4.78, 5) is 31.4. The van der Waals surface area contributed by atoms with Crippen molar-refractivity contribution in [3.63, 3.8) is 0 Å². The predicted molar refractivity (Wildman–Crippen MR) is 236 cm³/mol. The molecule has 6 N–H and O–H groups in total. The maximum atomic E-state index is 14.2. The first-order valence-corrected chi connectivity index (χ1v) is 23.3. The van der Waals surface area contributed by atoms with Gasteiger partial charge in [-0.3, -0.25) is 4.79 Å². The van der Waals surface area contributed by atoms with Crippen LogP contribution < -0.4 is 25.4 Å². The van der Waals surface area contributed by atoms with Crippen molar-refractivity contribution in [2.75, 3.05) is 137 Å². The molecule has 0 radical (unpaired) electrons. The number of aromatic nitrogens is 2. The molecule has 21 nitrogen and oxygen atoms in total. The monoisotopic (exact) mass is 1050 g/mol. The van der Waals surface area contributed by atoms with E-state index in [1.807, 2.05) is 6.92 Å². The molecule has 72 heavy (non-hydrogen) atoms. The van der Waals surface area contributed by atoms with Gasteiger partial charge in [0.2, 0.25) is 23.4 Å². The molecule has 1 aromatic carbocycles. The number of aliphatic hydroxyl groups excluding tert-OH is 3. The largest absolute Gasteiger partial charge is 0.475 e. The molecule has 0 spiro atoms. The quantitative estimate of drug-likeness (QED) is 0.0141. The highest BCUT2D eigenvalue weighted by Crippen LogP contribution is 2.33. The summed E-state index contributed by atoms with van der Waals surface area (Å²) in [5.41, 5.74) is -2.03. The molecule has 2 amide bonds. The molecule has 2 aromatic rings. The molecule has 1 unspecified atom stereocenters. The molecule has 2 heterocycles. The normalized spacial score (nSPS) is 18.0. The van der Waals surface area contributed by atoms with E-state index in [1.54, 1.807) is 0 Å². The van der Waals surface area contributed by atoms with Crippen LogP contribution in [0.4, 0.5) is 41.5 Å². The van der Waals surface area contributed by atoms with Gasteiger partial charge in [0.15, 0.2) is 23.1 Å². The SMILES string of the molecule is CCC[C@@H]1O[C@H](CO)[C@H](O)[C@H](O)C1Nc1nc(OCCOCCOCCNC(=O)NCCOCCOCCOCCOCCOCCOCCC(=O)Oc2c(F)c(F)c(F)c(CC)c2F)cc(C(F)(F)F)n1. The Labute approximate surface area is 411 Å². The number of nitrogens with zero attached hydrogens (tertiary/aromatic N) is 2. The zero-order valence-corrected chi connectivity index (χ0v) is 40.1. The number of rotatable bonds is 38. The Morgan fingerprint density at radius 1 is 0.653 bits per heavy atom. The lowest BCUT2D eigenvalue weighted by molar-refractivity contribution is -0.186. The molecule has 1 aliphatic heterocycles. The lowest BCUT2D eigenvalue weighted by atomic mass is 9.91. The molecule has 1 saturated heterocycles. The molecular weight excluding hydrogens is 987 g/mol. The third-order valence-electron chi connectivity index (χ3n) is 10.00. The van der Waals surface area contributed by atoms with E-state index in [2.05, 4.69) is 30.7 Å². The number of hydrogen-bond donors (Lipinski definition) is 6. The number of urea groups is 1. The van der Waals surface area contributed by atoms with Gasteiger partial charge in [0.1, 0.15) is 24.9 Å². The van der Waals surface area contributed by atoms with Gasteiger partial charge < -0.3 is 83.4 Å². The van der Waals surface area contributed by atoms with Gasteiger partial charge in [-0.05, 0) is 12.8 Å². The number of amides is 2. The van der Waals surface area contributed by atoms with E-state index in [1.165, 1.54) is 6.92 Å². The Morgan fingerprint density at radius 2 is 1.15 bits per heavy atom. The summed E-state index contributed by atoms with van der Waals surface area (Å²) in [6, 6.07) is -0.889. The summed E-state index contributed by atoms with van der Waals surface area (Å²) < 4.78 is 155. The second-order valence-electron chi connectivity index (χ2n) is 15.3. The van der Waals surface area contributed by atoms with Gasteiger partial charge in [-0.15, -0.1) is 0 Å². The number of hydrogen-bond acceptors (Lipinski definition) is 19. The first-order valence-electron chi connectivity index (χ1n) is 23.3. The number of carbonyl (C=O) groups is 2. The Hall–Kier alpha value is -4.33. The van der Waals surface area contributed by atoms with E-state index in [0.29, 0.717) is 58.5 Å².